The van der Waals surface area contributed by atoms with Gasteiger partial charge in [0.2, 0.25) is 5.91 Å². The molecule has 70 heavy (non-hydrogen) atoms. The summed E-state index contributed by atoms with van der Waals surface area (Å²) in [6.07, 6.45) is 8.02. The van der Waals surface area contributed by atoms with Crippen molar-refractivity contribution in [2.45, 2.75) is 76.5 Å². The summed E-state index contributed by atoms with van der Waals surface area (Å²) >= 11 is 6.50. The molecule has 1 saturated carbocycles. The van der Waals surface area contributed by atoms with Crippen LogP contribution in [0.5, 0.6) is 11.5 Å². The SMILES string of the molecule is COc1cc(C(=O)NCCCCCCCC(=O)NCCOc2ccc(-c3cc4c(C(=O)O)c[nH]c4cc3Cl)cc2)c(F)cc1NCC#Cc1cc2c(N[C@@H]3CCN(C)C[C@@H]3F)cccc2n1CC1CC1. The first-order chi connectivity index (χ1) is 33.9. The van der Waals surface area contributed by atoms with Crippen molar-refractivity contribution in [3.63, 3.8) is 0 Å². The van der Waals surface area contributed by atoms with E-state index in [4.69, 9.17) is 21.1 Å². The molecule has 2 aromatic heterocycles. The molecule has 6 N–H and O–H groups in total. The molecule has 2 aliphatic rings. The smallest absolute Gasteiger partial charge is 0.337 e. The van der Waals surface area contributed by atoms with Crippen LogP contribution in [-0.2, 0) is 11.3 Å². The van der Waals surface area contributed by atoms with Crippen LogP contribution in [0, 0.1) is 23.6 Å². The molecule has 368 valence electrons. The molecule has 16 heteroatoms. The summed E-state index contributed by atoms with van der Waals surface area (Å²) in [5, 5.41) is 23.9. The molecule has 8 rings (SSSR count). The zero-order valence-corrected chi connectivity index (χ0v) is 40.3. The fourth-order valence-electron chi connectivity index (χ4n) is 8.95. The number of carbonyl (C=O) groups is 3. The molecule has 1 aliphatic heterocycles. The number of carbonyl (C=O) groups excluding carboxylic acids is 2. The average molecular weight is 977 g/mol. The molecule has 0 unspecified atom stereocenters. The maximum atomic E-state index is 15.3. The van der Waals surface area contributed by atoms with Crippen LogP contribution in [0.15, 0.2) is 79.0 Å². The number of rotatable bonds is 22. The molecule has 2 fully saturated rings. The fraction of sp³-hybridized carbons (Fsp3) is 0.389. The zero-order chi connectivity index (χ0) is 49.1. The predicted molar refractivity (Wildman–Crippen MR) is 272 cm³/mol. The number of aromatic nitrogens is 2. The van der Waals surface area contributed by atoms with E-state index in [1.807, 2.05) is 36.2 Å². The lowest BCUT2D eigenvalue weighted by atomic mass is 10.0. The van der Waals surface area contributed by atoms with E-state index in [0.29, 0.717) is 83.7 Å². The van der Waals surface area contributed by atoms with Gasteiger partial charge in [-0.25, -0.2) is 13.6 Å². The molecular weight excluding hydrogens is 916 g/mol. The number of piperidine rings is 1. The highest BCUT2D eigenvalue weighted by molar-refractivity contribution is 6.34. The number of alkyl halides is 1. The summed E-state index contributed by atoms with van der Waals surface area (Å²) in [5.41, 5.74) is 5.45. The second-order valence-electron chi connectivity index (χ2n) is 18.2. The average Bonchev–Trinajstić information content (AvgIpc) is 3.97. The van der Waals surface area contributed by atoms with E-state index in [1.54, 1.807) is 24.3 Å². The number of fused-ring (bicyclic) bond motifs is 2. The van der Waals surface area contributed by atoms with Crippen molar-refractivity contribution in [1.29, 1.82) is 0 Å². The predicted octanol–water partition coefficient (Wildman–Crippen LogP) is 9.88. The molecular formula is C54H60ClF2N7O6. The number of hydrogen-bond acceptors (Lipinski definition) is 8. The number of carboxylic acid groups (broad SMARTS) is 1. The van der Waals surface area contributed by atoms with Gasteiger partial charge in [0.15, 0.2) is 0 Å². The quantitative estimate of drug-likeness (QED) is 0.0287. The summed E-state index contributed by atoms with van der Waals surface area (Å²) in [5.74, 6) is 5.78. The van der Waals surface area contributed by atoms with Gasteiger partial charge in [0.05, 0.1) is 59.3 Å². The molecule has 2 atom stereocenters. The number of aromatic carboxylic acids is 1. The van der Waals surface area contributed by atoms with E-state index < -0.39 is 23.9 Å². The Morgan fingerprint density at radius 3 is 2.49 bits per heavy atom. The number of aromatic amines is 1. The second kappa shape index (κ2) is 23.2. The number of ether oxygens (including phenoxy) is 2. The molecule has 13 nitrogen and oxygen atoms in total. The molecule has 4 aromatic carbocycles. The fourth-order valence-corrected chi connectivity index (χ4v) is 9.23. The first-order valence-corrected chi connectivity index (χ1v) is 24.5. The molecule has 0 radical (unpaired) electrons. The van der Waals surface area contributed by atoms with Gasteiger partial charge in [-0.2, -0.15) is 0 Å². The van der Waals surface area contributed by atoms with E-state index in [1.165, 1.54) is 38.3 Å². The minimum absolute atomic E-state index is 0.0538. The Morgan fingerprint density at radius 2 is 1.71 bits per heavy atom. The number of amides is 2. The molecule has 0 spiro atoms. The Labute approximate surface area is 411 Å². The van der Waals surface area contributed by atoms with Crippen molar-refractivity contribution < 1.29 is 37.7 Å². The Balaban J connectivity index is 0.721. The first-order valence-electron chi connectivity index (χ1n) is 24.1. The highest BCUT2D eigenvalue weighted by Crippen LogP contribution is 2.37. The number of anilines is 2. The minimum Gasteiger partial charge on any atom is -0.495 e. The van der Waals surface area contributed by atoms with E-state index >= 15 is 4.39 Å². The third kappa shape index (κ3) is 12.5. The number of H-pyrrole nitrogens is 1. The van der Waals surface area contributed by atoms with Crippen molar-refractivity contribution in [3.8, 4) is 34.5 Å². The van der Waals surface area contributed by atoms with Crippen molar-refractivity contribution in [2.24, 2.45) is 5.92 Å². The van der Waals surface area contributed by atoms with E-state index in [9.17, 15) is 23.9 Å². The summed E-state index contributed by atoms with van der Waals surface area (Å²) in [4.78, 5) is 41.9. The lowest BCUT2D eigenvalue weighted by Crippen LogP contribution is -2.46. The van der Waals surface area contributed by atoms with Gasteiger partial charge < -0.3 is 50.3 Å². The molecule has 6 aromatic rings. The first kappa shape index (κ1) is 49.7. The topological polar surface area (TPSA) is 162 Å². The number of hydrogen-bond donors (Lipinski definition) is 6. The summed E-state index contributed by atoms with van der Waals surface area (Å²) in [6, 6.07) is 21.3. The Hall–Kier alpha value is -6.76. The van der Waals surface area contributed by atoms with Crippen LogP contribution in [0.2, 0.25) is 5.02 Å². The van der Waals surface area contributed by atoms with E-state index in [-0.39, 0.29) is 29.6 Å². The van der Waals surface area contributed by atoms with Gasteiger partial charge in [0, 0.05) is 72.4 Å². The Kier molecular flexibility index (Phi) is 16.5. The van der Waals surface area contributed by atoms with Gasteiger partial charge in [-0.15, -0.1) is 0 Å². The highest BCUT2D eigenvalue weighted by Gasteiger charge is 2.29. The molecule has 3 heterocycles. The standard InChI is InChI=1S/C54H60ClF2N7O6/c1-63-24-20-47(45(57)33-63)62-46-11-8-12-50-41(46)26-36(64(50)32-34-14-15-34)10-9-22-58-49-30-44(56)40(28-51(49)69-2)53(66)60-21-7-5-3-4-6-13-52(65)59-23-25-70-37-18-16-35(17-19-37)38-27-39-42(54(67)68)31-61-48(39)29-43(38)55/h8,11-12,16-19,26-31,34,45,47,58,61-62H,3-7,13-15,20-25,32-33H2,1-2H3,(H,59,65)(H,60,66)(H,67,68)/t45-,47+/m0/s1. The number of unbranched alkanes of at least 4 members (excludes halogenated alkanes) is 4. The van der Waals surface area contributed by atoms with Gasteiger partial charge in [-0.1, -0.05) is 55.0 Å². The summed E-state index contributed by atoms with van der Waals surface area (Å²) in [7, 11) is 3.42. The molecule has 1 saturated heterocycles. The van der Waals surface area contributed by atoms with Gasteiger partial charge in [0.25, 0.3) is 5.91 Å². The van der Waals surface area contributed by atoms with E-state index in [0.717, 1.165) is 73.0 Å². The summed E-state index contributed by atoms with van der Waals surface area (Å²) in [6.45, 7) is 3.35. The van der Waals surface area contributed by atoms with Crippen LogP contribution in [0.1, 0.15) is 84.2 Å². The number of benzene rings is 4. The van der Waals surface area contributed by atoms with Gasteiger partial charge >= 0.3 is 5.97 Å². The molecule has 2 amide bonds. The van der Waals surface area contributed by atoms with Gasteiger partial charge in [0.1, 0.15) is 30.1 Å². The van der Waals surface area contributed by atoms with Crippen LogP contribution in [0.3, 0.4) is 0 Å². The zero-order valence-electron chi connectivity index (χ0n) is 39.6. The maximum Gasteiger partial charge on any atom is 0.337 e. The Morgan fingerprint density at radius 1 is 0.914 bits per heavy atom. The minimum atomic E-state index is -1.02. The van der Waals surface area contributed by atoms with Crippen molar-refractivity contribution in [1.82, 2.24) is 25.1 Å². The second-order valence-corrected chi connectivity index (χ2v) is 18.6. The van der Waals surface area contributed by atoms with E-state index in [2.05, 4.69) is 54.8 Å². The summed E-state index contributed by atoms with van der Waals surface area (Å²) < 4.78 is 43.9. The third-order valence-electron chi connectivity index (χ3n) is 13.0. The molecule has 0 bridgehead atoms. The van der Waals surface area contributed by atoms with Gasteiger partial charge in [-0.05, 0) is 105 Å². The number of methoxy groups -OCH3 is 1. The largest absolute Gasteiger partial charge is 0.495 e. The monoisotopic (exact) mass is 975 g/mol. The molecule has 1 aliphatic carbocycles. The maximum absolute atomic E-state index is 15.3. The lowest BCUT2D eigenvalue weighted by Gasteiger charge is -2.33. The lowest BCUT2D eigenvalue weighted by molar-refractivity contribution is -0.121. The van der Waals surface area contributed by atoms with Crippen LogP contribution >= 0.6 is 11.6 Å². The Bertz CT molecular complexity index is 2890. The number of nitrogens with one attached hydrogen (secondary N) is 5. The van der Waals surface area contributed by atoms with Gasteiger partial charge in [-0.3, -0.25) is 9.59 Å². The van der Waals surface area contributed by atoms with Crippen LogP contribution in [0.4, 0.5) is 20.2 Å². The van der Waals surface area contributed by atoms with Crippen LogP contribution < -0.4 is 30.7 Å². The number of halogens is 3. The van der Waals surface area contributed by atoms with Crippen LogP contribution in [0.25, 0.3) is 32.9 Å². The van der Waals surface area contributed by atoms with Crippen molar-refractivity contribution >= 4 is 62.6 Å². The van der Waals surface area contributed by atoms with Crippen LogP contribution in [-0.4, -0.2) is 103 Å². The normalized spacial score (nSPS) is 15.8. The number of nitrogens with zero attached hydrogens (tertiary/aromatic N) is 2. The van der Waals surface area contributed by atoms with Crippen molar-refractivity contribution in [3.05, 3.63) is 107 Å². The van der Waals surface area contributed by atoms with Crippen molar-refractivity contribution in [2.75, 3.05) is 64.1 Å². The number of likely N-dealkylation sites (tertiary alicyclic amines) is 1. The third-order valence-corrected chi connectivity index (χ3v) is 13.3. The number of carboxylic acids is 1. The highest BCUT2D eigenvalue weighted by atomic mass is 35.5.